The molecule has 1 N–H and O–H groups in total. The Morgan fingerprint density at radius 2 is 2.10 bits per heavy atom. The van der Waals surface area contributed by atoms with Gasteiger partial charge in [0, 0.05) is 25.8 Å². The summed E-state index contributed by atoms with van der Waals surface area (Å²) >= 11 is 0. The molecular formula is C13H19N3O3S. The number of nitrogens with zero attached hydrogens (tertiary/aromatic N) is 2. The monoisotopic (exact) mass is 297 g/mol. The molecule has 0 bridgehead atoms. The molecule has 20 heavy (non-hydrogen) atoms. The van der Waals surface area contributed by atoms with E-state index >= 15 is 0 Å². The van der Waals surface area contributed by atoms with Crippen LogP contribution >= 0.6 is 0 Å². The lowest BCUT2D eigenvalue weighted by Crippen LogP contribution is -2.43. The third kappa shape index (κ3) is 3.47. The van der Waals surface area contributed by atoms with E-state index in [4.69, 9.17) is 0 Å². The minimum absolute atomic E-state index is 0.0432. The number of hydrogen-bond donors (Lipinski definition) is 1. The molecule has 0 spiro atoms. The van der Waals surface area contributed by atoms with Crippen molar-refractivity contribution in [3.05, 3.63) is 24.0 Å². The van der Waals surface area contributed by atoms with E-state index in [1.54, 1.807) is 23.4 Å². The highest BCUT2D eigenvalue weighted by Gasteiger charge is 2.26. The Kier molecular flexibility index (Phi) is 4.59. The van der Waals surface area contributed by atoms with Crippen LogP contribution in [0.5, 0.6) is 0 Å². The zero-order valence-corrected chi connectivity index (χ0v) is 12.3. The average molecular weight is 297 g/mol. The van der Waals surface area contributed by atoms with Crippen LogP contribution in [0.15, 0.2) is 18.5 Å². The van der Waals surface area contributed by atoms with Gasteiger partial charge in [0.1, 0.15) is 0 Å². The van der Waals surface area contributed by atoms with Crippen LogP contribution in [0.25, 0.3) is 0 Å². The van der Waals surface area contributed by atoms with Gasteiger partial charge < -0.3 is 10.2 Å². The molecule has 6 nitrogen and oxygen atoms in total. The molecule has 0 saturated carbocycles. The van der Waals surface area contributed by atoms with E-state index in [2.05, 4.69) is 10.3 Å². The van der Waals surface area contributed by atoms with E-state index in [9.17, 15) is 13.2 Å². The summed E-state index contributed by atoms with van der Waals surface area (Å²) in [5, 5.41) is 3.17. The Balaban J connectivity index is 2.13. The standard InChI is InChI=1S/C13H19N3O3S/c1-2-4-15-12-10-14-5-3-11(12)13(17)16-6-8-20(18,19)9-7-16/h3,5,10,15H,2,4,6-9H2,1H3. The van der Waals surface area contributed by atoms with Gasteiger partial charge in [0.2, 0.25) is 0 Å². The predicted molar refractivity (Wildman–Crippen MR) is 77.6 cm³/mol. The van der Waals surface area contributed by atoms with Gasteiger partial charge in [-0.05, 0) is 12.5 Å². The first-order valence-electron chi connectivity index (χ1n) is 6.71. The van der Waals surface area contributed by atoms with Gasteiger partial charge in [0.15, 0.2) is 9.84 Å². The van der Waals surface area contributed by atoms with Crippen molar-refractivity contribution in [1.82, 2.24) is 9.88 Å². The number of sulfone groups is 1. The molecule has 110 valence electrons. The van der Waals surface area contributed by atoms with Gasteiger partial charge in [-0.3, -0.25) is 9.78 Å². The maximum absolute atomic E-state index is 12.5. The van der Waals surface area contributed by atoms with E-state index in [1.807, 2.05) is 6.92 Å². The molecule has 1 amide bonds. The average Bonchev–Trinajstić information content (AvgIpc) is 2.45. The number of pyridine rings is 1. The summed E-state index contributed by atoms with van der Waals surface area (Å²) in [5.74, 6) is -0.0517. The van der Waals surface area contributed by atoms with Crippen LogP contribution in [0, 0.1) is 0 Å². The van der Waals surface area contributed by atoms with Crippen LogP contribution < -0.4 is 5.32 Å². The number of hydrogen-bond acceptors (Lipinski definition) is 5. The first-order chi connectivity index (χ1) is 9.53. The van der Waals surface area contributed by atoms with Gasteiger partial charge in [0.25, 0.3) is 5.91 Å². The molecule has 0 aromatic carbocycles. The second-order valence-electron chi connectivity index (χ2n) is 4.79. The molecular weight excluding hydrogens is 278 g/mol. The first kappa shape index (κ1) is 14.8. The molecule has 1 aliphatic rings. The topological polar surface area (TPSA) is 79.4 Å². The van der Waals surface area contributed by atoms with Gasteiger partial charge in [-0.15, -0.1) is 0 Å². The predicted octanol–water partition coefficient (Wildman–Crippen LogP) is 0.774. The van der Waals surface area contributed by atoms with Crippen molar-refractivity contribution in [2.45, 2.75) is 13.3 Å². The van der Waals surface area contributed by atoms with Gasteiger partial charge in [-0.2, -0.15) is 0 Å². The van der Waals surface area contributed by atoms with Gasteiger partial charge in [0.05, 0.1) is 29.0 Å². The summed E-state index contributed by atoms with van der Waals surface area (Å²) in [5.41, 5.74) is 1.25. The fourth-order valence-corrected chi connectivity index (χ4v) is 3.27. The number of aromatic nitrogens is 1. The summed E-state index contributed by atoms with van der Waals surface area (Å²) in [7, 11) is -2.98. The maximum atomic E-state index is 12.5. The van der Waals surface area contributed by atoms with Crippen molar-refractivity contribution in [3.8, 4) is 0 Å². The fraction of sp³-hybridized carbons (Fsp3) is 0.538. The molecule has 1 saturated heterocycles. The van der Waals surface area contributed by atoms with Crippen molar-refractivity contribution in [1.29, 1.82) is 0 Å². The third-order valence-corrected chi connectivity index (χ3v) is 4.86. The van der Waals surface area contributed by atoms with Crippen molar-refractivity contribution in [2.24, 2.45) is 0 Å². The lowest BCUT2D eigenvalue weighted by molar-refractivity contribution is 0.0771. The molecule has 1 fully saturated rings. The molecule has 0 radical (unpaired) electrons. The smallest absolute Gasteiger partial charge is 0.256 e. The lowest BCUT2D eigenvalue weighted by Gasteiger charge is -2.27. The summed E-state index contributed by atoms with van der Waals surface area (Å²) in [6.07, 6.45) is 4.15. The summed E-state index contributed by atoms with van der Waals surface area (Å²) in [4.78, 5) is 18.1. The highest BCUT2D eigenvalue weighted by atomic mass is 32.2. The van der Waals surface area contributed by atoms with Crippen LogP contribution in [0.4, 0.5) is 5.69 Å². The minimum atomic E-state index is -2.98. The molecule has 0 atom stereocenters. The van der Waals surface area contributed by atoms with Crippen molar-refractivity contribution in [2.75, 3.05) is 36.5 Å². The van der Waals surface area contributed by atoms with Gasteiger partial charge in [-0.1, -0.05) is 6.92 Å². The number of amides is 1. The number of anilines is 1. The van der Waals surface area contributed by atoms with Gasteiger partial charge >= 0.3 is 0 Å². The van der Waals surface area contributed by atoms with Crippen LogP contribution in [-0.4, -0.2) is 55.3 Å². The first-order valence-corrected chi connectivity index (χ1v) is 8.53. The Labute approximate surface area is 119 Å². The number of carbonyl (C=O) groups is 1. The Morgan fingerprint density at radius 3 is 2.75 bits per heavy atom. The van der Waals surface area contributed by atoms with Crippen molar-refractivity contribution < 1.29 is 13.2 Å². The molecule has 1 aromatic rings. The highest BCUT2D eigenvalue weighted by Crippen LogP contribution is 2.17. The van der Waals surface area contributed by atoms with E-state index in [0.717, 1.165) is 13.0 Å². The highest BCUT2D eigenvalue weighted by molar-refractivity contribution is 7.91. The second kappa shape index (κ2) is 6.21. The molecule has 2 rings (SSSR count). The van der Waals surface area contributed by atoms with E-state index in [-0.39, 0.29) is 30.5 Å². The Bertz CT molecular complexity index is 572. The SMILES string of the molecule is CCCNc1cnccc1C(=O)N1CCS(=O)(=O)CC1. The second-order valence-corrected chi connectivity index (χ2v) is 7.10. The maximum Gasteiger partial charge on any atom is 0.256 e. The largest absolute Gasteiger partial charge is 0.383 e. The van der Waals surface area contributed by atoms with E-state index in [1.165, 1.54) is 0 Å². The lowest BCUT2D eigenvalue weighted by atomic mass is 10.2. The third-order valence-electron chi connectivity index (χ3n) is 3.25. The van der Waals surface area contributed by atoms with Crippen LogP contribution in [0.3, 0.4) is 0 Å². The molecule has 0 aliphatic carbocycles. The molecule has 7 heteroatoms. The zero-order chi connectivity index (χ0) is 14.6. The number of rotatable bonds is 4. The molecule has 1 aliphatic heterocycles. The molecule has 1 aromatic heterocycles. The van der Waals surface area contributed by atoms with E-state index < -0.39 is 9.84 Å². The van der Waals surface area contributed by atoms with Gasteiger partial charge in [-0.25, -0.2) is 8.42 Å². The summed E-state index contributed by atoms with van der Waals surface area (Å²) < 4.78 is 22.8. The molecule has 2 heterocycles. The van der Waals surface area contributed by atoms with Crippen molar-refractivity contribution >= 4 is 21.4 Å². The van der Waals surface area contributed by atoms with E-state index in [0.29, 0.717) is 11.3 Å². The summed E-state index contributed by atoms with van der Waals surface area (Å²) in [6.45, 7) is 3.33. The van der Waals surface area contributed by atoms with Crippen LogP contribution in [0.2, 0.25) is 0 Å². The van der Waals surface area contributed by atoms with Crippen molar-refractivity contribution in [3.63, 3.8) is 0 Å². The quantitative estimate of drug-likeness (QED) is 0.888. The molecule has 0 unspecified atom stereocenters. The van der Waals surface area contributed by atoms with Crippen LogP contribution in [0.1, 0.15) is 23.7 Å². The normalized spacial score (nSPS) is 17.8. The number of carbonyl (C=O) groups excluding carboxylic acids is 1. The minimum Gasteiger partial charge on any atom is -0.383 e. The number of nitrogens with one attached hydrogen (secondary N) is 1. The zero-order valence-electron chi connectivity index (χ0n) is 11.5. The fourth-order valence-electron chi connectivity index (χ4n) is 2.07. The Morgan fingerprint density at radius 1 is 1.40 bits per heavy atom. The van der Waals surface area contributed by atoms with Crippen LogP contribution in [-0.2, 0) is 9.84 Å². The summed E-state index contributed by atoms with van der Waals surface area (Å²) in [6, 6.07) is 1.67. The Hall–Kier alpha value is -1.63.